The summed E-state index contributed by atoms with van der Waals surface area (Å²) in [6.45, 7) is 3.11. The number of nitrogens with zero attached hydrogens (tertiary/aromatic N) is 7. The molecule has 2 aliphatic rings. The molecule has 1 fully saturated rings. The van der Waals surface area contributed by atoms with Crippen LogP contribution in [0.4, 0.5) is 23.8 Å². The number of ether oxygens (including phenoxy) is 1. The molecule has 0 spiro atoms. The highest BCUT2D eigenvalue weighted by Gasteiger charge is 2.51. The van der Waals surface area contributed by atoms with Crippen LogP contribution in [-0.4, -0.2) is 86.4 Å². The van der Waals surface area contributed by atoms with E-state index in [0.29, 0.717) is 11.5 Å². The molecule has 3 aromatic heterocycles. The van der Waals surface area contributed by atoms with Crippen molar-refractivity contribution in [3.8, 4) is 17.1 Å². The predicted molar refractivity (Wildman–Crippen MR) is 140 cm³/mol. The normalized spacial score (nSPS) is 19.3. The number of carbonyl (C=O) groups excluding carboxylic acids is 3. The Balaban J connectivity index is 1.33. The summed E-state index contributed by atoms with van der Waals surface area (Å²) in [7, 11) is 2.60. The third-order valence-electron chi connectivity index (χ3n) is 6.87. The van der Waals surface area contributed by atoms with E-state index < -0.39 is 53.7 Å². The minimum Gasteiger partial charge on any atom is -0.481 e. The summed E-state index contributed by atoms with van der Waals surface area (Å²) in [6.07, 6.45) is -3.02. The first-order valence-corrected chi connectivity index (χ1v) is 12.6. The lowest BCUT2D eigenvalue weighted by Gasteiger charge is -2.42. The first kappa shape index (κ1) is 28.5. The van der Waals surface area contributed by atoms with Gasteiger partial charge in [-0.05, 0) is 32.0 Å². The van der Waals surface area contributed by atoms with Gasteiger partial charge in [-0.1, -0.05) is 11.2 Å². The molecule has 3 aromatic rings. The maximum Gasteiger partial charge on any atom is 0.421 e. The minimum atomic E-state index is -4.70. The van der Waals surface area contributed by atoms with E-state index in [-0.39, 0.29) is 23.6 Å². The topological polar surface area (TPSA) is 146 Å². The molecule has 5 rings (SSSR count). The molecule has 5 heterocycles. The van der Waals surface area contributed by atoms with Crippen LogP contribution in [-0.2, 0) is 22.3 Å². The molecule has 1 N–H and O–H groups in total. The third-order valence-corrected chi connectivity index (χ3v) is 6.87. The Kier molecular flexibility index (Phi) is 7.30. The van der Waals surface area contributed by atoms with Gasteiger partial charge in [0.15, 0.2) is 12.2 Å². The highest BCUT2D eigenvalue weighted by Crippen LogP contribution is 2.37. The first-order valence-electron chi connectivity index (χ1n) is 12.6. The van der Waals surface area contributed by atoms with Gasteiger partial charge in [-0.15, -0.1) is 0 Å². The Hall–Kier alpha value is -5.02. The molecule has 3 atom stereocenters. The number of hydrogen-bond acceptors (Lipinski definition) is 10. The zero-order valence-corrected chi connectivity index (χ0v) is 22.8. The average molecular weight is 587 g/mol. The number of methoxy groups -OCH3 is 1. The number of anilines is 1. The van der Waals surface area contributed by atoms with E-state index in [1.807, 2.05) is 0 Å². The van der Waals surface area contributed by atoms with Crippen LogP contribution in [0.5, 0.6) is 5.88 Å². The summed E-state index contributed by atoms with van der Waals surface area (Å²) in [4.78, 5) is 55.7. The average Bonchev–Trinajstić information content (AvgIpc) is 3.59. The van der Waals surface area contributed by atoms with Crippen molar-refractivity contribution in [1.82, 2.24) is 29.8 Å². The fourth-order valence-corrected chi connectivity index (χ4v) is 4.71. The fourth-order valence-electron chi connectivity index (χ4n) is 4.71. The van der Waals surface area contributed by atoms with E-state index in [2.05, 4.69) is 25.4 Å². The first-order chi connectivity index (χ1) is 19.9. The number of hydrogen-bond donors (Lipinski definition) is 1. The van der Waals surface area contributed by atoms with Crippen molar-refractivity contribution in [2.45, 2.75) is 44.8 Å². The van der Waals surface area contributed by atoms with E-state index in [4.69, 9.17) is 9.26 Å². The van der Waals surface area contributed by atoms with Gasteiger partial charge in [0.25, 0.3) is 5.91 Å². The van der Waals surface area contributed by atoms with Crippen LogP contribution >= 0.6 is 0 Å². The Morgan fingerprint density at radius 3 is 2.67 bits per heavy atom. The van der Waals surface area contributed by atoms with Crippen LogP contribution in [0.15, 0.2) is 46.0 Å². The van der Waals surface area contributed by atoms with Crippen molar-refractivity contribution in [3.05, 3.63) is 53.5 Å². The van der Waals surface area contributed by atoms with Gasteiger partial charge in [-0.3, -0.25) is 14.5 Å². The highest BCUT2D eigenvalue weighted by molar-refractivity contribution is 6.03. The number of fused-ring (bicyclic) bond motifs is 1. The van der Waals surface area contributed by atoms with E-state index in [1.54, 1.807) is 19.9 Å². The van der Waals surface area contributed by atoms with Crippen molar-refractivity contribution in [2.24, 2.45) is 4.99 Å². The summed E-state index contributed by atoms with van der Waals surface area (Å²) in [5, 5.41) is 6.48. The lowest BCUT2D eigenvalue weighted by atomic mass is 10.1. The van der Waals surface area contributed by atoms with Crippen molar-refractivity contribution in [3.63, 3.8) is 0 Å². The number of aryl methyl sites for hydroxylation is 1. The van der Waals surface area contributed by atoms with Gasteiger partial charge in [-0.2, -0.15) is 13.2 Å². The molecule has 2 aliphatic heterocycles. The van der Waals surface area contributed by atoms with Crippen LogP contribution in [0.1, 0.15) is 23.9 Å². The summed E-state index contributed by atoms with van der Waals surface area (Å²) in [5.74, 6) is -1.12. The molecule has 2 unspecified atom stereocenters. The summed E-state index contributed by atoms with van der Waals surface area (Å²) < 4.78 is 50.2. The number of pyridine rings is 2. The standard InChI is InChI=1S/C26H25F3N8O5/c1-13-8-16(34-42-13)11-36-24(39)20-21(35(3)25(36)40)31-12-37(20)14(2)22(38)33-19-7-5-6-18(32-19)15-9-17(26(27,28)29)23(41-4)30-10-15/h5-10,12,14,20-21H,11H2,1-4H3,(H,32,33,38)/t14-,20?,21?/m0/s1. The van der Waals surface area contributed by atoms with E-state index in [9.17, 15) is 27.6 Å². The molecule has 16 heteroatoms. The Bertz CT molecular complexity index is 1580. The van der Waals surface area contributed by atoms with E-state index >= 15 is 0 Å². The molecule has 1 saturated heterocycles. The second-order valence-corrected chi connectivity index (χ2v) is 9.67. The minimum absolute atomic E-state index is 0.0599. The van der Waals surface area contributed by atoms with Gasteiger partial charge < -0.3 is 24.4 Å². The van der Waals surface area contributed by atoms with Gasteiger partial charge in [0.1, 0.15) is 28.9 Å². The molecule has 0 radical (unpaired) electrons. The predicted octanol–water partition coefficient (Wildman–Crippen LogP) is 2.93. The smallest absolute Gasteiger partial charge is 0.421 e. The maximum atomic E-state index is 13.5. The zero-order valence-electron chi connectivity index (χ0n) is 22.8. The second kappa shape index (κ2) is 10.8. The number of urea groups is 1. The zero-order chi connectivity index (χ0) is 30.3. The third kappa shape index (κ3) is 5.22. The molecular formula is C26H25F3N8O5. The van der Waals surface area contributed by atoms with Gasteiger partial charge >= 0.3 is 12.2 Å². The molecular weight excluding hydrogens is 561 g/mol. The van der Waals surface area contributed by atoms with Gasteiger partial charge in [0.05, 0.1) is 25.7 Å². The van der Waals surface area contributed by atoms with Crippen LogP contribution in [0.3, 0.4) is 0 Å². The monoisotopic (exact) mass is 586 g/mol. The van der Waals surface area contributed by atoms with Gasteiger partial charge in [0.2, 0.25) is 11.8 Å². The number of imide groups is 1. The summed E-state index contributed by atoms with van der Waals surface area (Å²) >= 11 is 0. The number of likely N-dealkylation sites (N-methyl/N-ethyl adjacent to an activating group) is 1. The number of aliphatic imine (C=N–C) groups is 1. The van der Waals surface area contributed by atoms with E-state index in [1.165, 1.54) is 47.6 Å². The Morgan fingerprint density at radius 1 is 1.24 bits per heavy atom. The number of aromatic nitrogens is 3. The lowest BCUT2D eigenvalue weighted by Crippen LogP contribution is -2.66. The number of alkyl halides is 3. The second-order valence-electron chi connectivity index (χ2n) is 9.67. The van der Waals surface area contributed by atoms with Crippen molar-refractivity contribution in [2.75, 3.05) is 19.5 Å². The molecule has 0 aliphatic carbocycles. The van der Waals surface area contributed by atoms with Crippen LogP contribution in [0, 0.1) is 6.92 Å². The lowest BCUT2D eigenvalue weighted by molar-refractivity contribution is -0.140. The molecule has 13 nitrogen and oxygen atoms in total. The van der Waals surface area contributed by atoms with Crippen molar-refractivity contribution in [1.29, 1.82) is 0 Å². The van der Waals surface area contributed by atoms with E-state index in [0.717, 1.165) is 18.1 Å². The number of nitrogens with one attached hydrogen (secondary N) is 1. The number of amides is 4. The molecule has 4 amide bonds. The molecule has 220 valence electrons. The molecule has 0 saturated carbocycles. The van der Waals surface area contributed by atoms with Crippen LogP contribution < -0.4 is 10.1 Å². The van der Waals surface area contributed by atoms with Crippen LogP contribution in [0.25, 0.3) is 11.3 Å². The number of rotatable bonds is 7. The van der Waals surface area contributed by atoms with Crippen molar-refractivity contribution >= 4 is 30.0 Å². The molecule has 0 aromatic carbocycles. The SMILES string of the molecule is COc1ncc(-c2cccc(NC(=O)[C@H](C)N3C=NC4C3C(=O)N(Cc3cc(C)on3)C(=O)N4C)n2)cc1C(F)(F)F. The Morgan fingerprint density at radius 2 is 2.00 bits per heavy atom. The number of carbonyl (C=O) groups is 3. The largest absolute Gasteiger partial charge is 0.481 e. The fraction of sp³-hybridized carbons (Fsp3) is 0.346. The van der Waals surface area contributed by atoms with Gasteiger partial charge in [0, 0.05) is 24.9 Å². The van der Waals surface area contributed by atoms with Crippen LogP contribution in [0.2, 0.25) is 0 Å². The van der Waals surface area contributed by atoms with Crippen molar-refractivity contribution < 1.29 is 36.8 Å². The number of halogens is 3. The quantitative estimate of drug-likeness (QED) is 0.442. The maximum absolute atomic E-state index is 13.5. The Labute approximate surface area is 237 Å². The highest BCUT2D eigenvalue weighted by atomic mass is 19.4. The van der Waals surface area contributed by atoms with Gasteiger partial charge in [-0.25, -0.2) is 19.8 Å². The molecule has 0 bridgehead atoms. The summed E-state index contributed by atoms with van der Waals surface area (Å²) in [5.41, 5.74) is -0.490. The summed E-state index contributed by atoms with van der Waals surface area (Å²) in [6, 6.07) is 4.43. The molecule has 42 heavy (non-hydrogen) atoms.